The minimum Gasteiger partial charge on any atom is -0.317 e. The molecule has 2 heterocycles. The van der Waals surface area contributed by atoms with Crippen LogP contribution in [0.3, 0.4) is 0 Å². The average molecular weight is 269 g/mol. The maximum absolute atomic E-state index is 4.42. The standard InChI is InChI=1S/C17H23N3/c1-13-8-14(2)10-15(9-13)20-12-19-11-16(20)17(3)4-6-18-7-5-17/h8-12,18H,4-7H2,1-3H3. The second kappa shape index (κ2) is 5.06. The molecular formula is C17H23N3. The van der Waals surface area contributed by atoms with Crippen molar-refractivity contribution in [1.82, 2.24) is 14.9 Å². The Bertz CT molecular complexity index is 586. The van der Waals surface area contributed by atoms with Crippen LogP contribution in [0.15, 0.2) is 30.7 Å². The van der Waals surface area contributed by atoms with Crippen molar-refractivity contribution >= 4 is 0 Å². The topological polar surface area (TPSA) is 29.9 Å². The summed E-state index contributed by atoms with van der Waals surface area (Å²) in [6, 6.07) is 6.69. The molecule has 0 radical (unpaired) electrons. The molecule has 20 heavy (non-hydrogen) atoms. The van der Waals surface area contributed by atoms with Crippen molar-refractivity contribution in [3.05, 3.63) is 47.5 Å². The van der Waals surface area contributed by atoms with E-state index in [9.17, 15) is 0 Å². The summed E-state index contributed by atoms with van der Waals surface area (Å²) in [6.07, 6.45) is 6.34. The Kier molecular flexibility index (Phi) is 3.38. The molecule has 0 saturated carbocycles. The fraction of sp³-hybridized carbons (Fsp3) is 0.471. The second-order valence-corrected chi connectivity index (χ2v) is 6.31. The highest BCUT2D eigenvalue weighted by Crippen LogP contribution is 2.34. The van der Waals surface area contributed by atoms with Gasteiger partial charge in [-0.1, -0.05) is 13.0 Å². The molecule has 2 aromatic rings. The number of nitrogens with one attached hydrogen (secondary N) is 1. The zero-order valence-electron chi connectivity index (χ0n) is 12.6. The van der Waals surface area contributed by atoms with Crippen LogP contribution in [-0.4, -0.2) is 22.6 Å². The van der Waals surface area contributed by atoms with E-state index in [1.165, 1.54) is 35.3 Å². The first kappa shape index (κ1) is 13.4. The van der Waals surface area contributed by atoms with Crippen molar-refractivity contribution in [1.29, 1.82) is 0 Å². The molecule has 0 amide bonds. The Morgan fingerprint density at radius 2 is 1.75 bits per heavy atom. The minimum absolute atomic E-state index is 0.222. The first-order valence-corrected chi connectivity index (χ1v) is 7.41. The Hall–Kier alpha value is -1.61. The molecule has 1 aromatic heterocycles. The van der Waals surface area contributed by atoms with Gasteiger partial charge in [0.15, 0.2) is 0 Å². The Labute approximate surface area is 121 Å². The summed E-state index contributed by atoms with van der Waals surface area (Å²) in [6.45, 7) is 8.85. The Balaban J connectivity index is 2.05. The van der Waals surface area contributed by atoms with Gasteiger partial charge in [-0.2, -0.15) is 0 Å². The molecule has 0 unspecified atom stereocenters. The molecule has 1 aliphatic heterocycles. The number of aromatic nitrogens is 2. The maximum Gasteiger partial charge on any atom is 0.0994 e. The summed E-state index contributed by atoms with van der Waals surface area (Å²) in [5.74, 6) is 0. The molecular weight excluding hydrogens is 246 g/mol. The van der Waals surface area contributed by atoms with Gasteiger partial charge >= 0.3 is 0 Å². The molecule has 1 saturated heterocycles. The van der Waals surface area contributed by atoms with E-state index in [1.54, 1.807) is 0 Å². The number of hydrogen-bond acceptors (Lipinski definition) is 2. The van der Waals surface area contributed by atoms with Gasteiger partial charge in [-0.25, -0.2) is 4.98 Å². The Morgan fingerprint density at radius 3 is 2.40 bits per heavy atom. The van der Waals surface area contributed by atoms with Crippen molar-refractivity contribution in [2.24, 2.45) is 0 Å². The lowest BCUT2D eigenvalue weighted by Crippen LogP contribution is -2.38. The van der Waals surface area contributed by atoms with E-state index in [0.717, 1.165) is 13.1 Å². The number of nitrogens with zero attached hydrogens (tertiary/aromatic N) is 2. The van der Waals surface area contributed by atoms with E-state index in [2.05, 4.69) is 53.8 Å². The maximum atomic E-state index is 4.42. The van der Waals surface area contributed by atoms with E-state index in [4.69, 9.17) is 0 Å². The number of imidazole rings is 1. The third kappa shape index (κ3) is 2.38. The van der Waals surface area contributed by atoms with Crippen LogP contribution in [0.1, 0.15) is 36.6 Å². The van der Waals surface area contributed by atoms with Gasteiger partial charge in [-0.05, 0) is 63.0 Å². The average Bonchev–Trinajstić information content (AvgIpc) is 2.88. The predicted octanol–water partition coefficient (Wildman–Crippen LogP) is 3.13. The van der Waals surface area contributed by atoms with Crippen LogP contribution < -0.4 is 5.32 Å². The first-order chi connectivity index (χ1) is 9.58. The van der Waals surface area contributed by atoms with Crippen molar-refractivity contribution in [2.75, 3.05) is 13.1 Å². The summed E-state index contributed by atoms with van der Waals surface area (Å²) in [5.41, 5.74) is 5.39. The smallest absolute Gasteiger partial charge is 0.0994 e. The molecule has 1 aliphatic rings. The minimum atomic E-state index is 0.222. The van der Waals surface area contributed by atoms with Crippen molar-refractivity contribution < 1.29 is 0 Å². The number of rotatable bonds is 2. The van der Waals surface area contributed by atoms with Crippen molar-refractivity contribution in [2.45, 2.75) is 39.0 Å². The zero-order valence-corrected chi connectivity index (χ0v) is 12.6. The molecule has 1 aromatic carbocycles. The molecule has 0 spiro atoms. The number of piperidine rings is 1. The number of aryl methyl sites for hydroxylation is 2. The predicted molar refractivity (Wildman–Crippen MR) is 82.5 cm³/mol. The van der Waals surface area contributed by atoms with Gasteiger partial charge in [0.25, 0.3) is 0 Å². The van der Waals surface area contributed by atoms with E-state index >= 15 is 0 Å². The molecule has 106 valence electrons. The van der Waals surface area contributed by atoms with Gasteiger partial charge in [-0.15, -0.1) is 0 Å². The summed E-state index contributed by atoms with van der Waals surface area (Å²) in [5, 5.41) is 3.45. The van der Waals surface area contributed by atoms with Crippen LogP contribution >= 0.6 is 0 Å². The quantitative estimate of drug-likeness (QED) is 0.907. The SMILES string of the molecule is Cc1cc(C)cc(-n2cncc2C2(C)CCNCC2)c1. The Morgan fingerprint density at radius 1 is 1.10 bits per heavy atom. The van der Waals surface area contributed by atoms with Crippen LogP contribution in [0.5, 0.6) is 0 Å². The highest BCUT2D eigenvalue weighted by atomic mass is 15.1. The van der Waals surface area contributed by atoms with Gasteiger partial charge in [0, 0.05) is 23.0 Å². The largest absolute Gasteiger partial charge is 0.317 e. The molecule has 1 N–H and O–H groups in total. The molecule has 3 heteroatoms. The lowest BCUT2D eigenvalue weighted by molar-refractivity contribution is 0.324. The number of hydrogen-bond donors (Lipinski definition) is 1. The monoisotopic (exact) mass is 269 g/mol. The number of benzene rings is 1. The summed E-state index contributed by atoms with van der Waals surface area (Å²) in [7, 11) is 0. The highest BCUT2D eigenvalue weighted by molar-refractivity contribution is 5.41. The lowest BCUT2D eigenvalue weighted by Gasteiger charge is -2.34. The zero-order chi connectivity index (χ0) is 14.2. The summed E-state index contributed by atoms with van der Waals surface area (Å²) < 4.78 is 2.27. The summed E-state index contributed by atoms with van der Waals surface area (Å²) in [4.78, 5) is 4.42. The highest BCUT2D eigenvalue weighted by Gasteiger charge is 2.31. The van der Waals surface area contributed by atoms with Gasteiger partial charge in [0.05, 0.1) is 6.33 Å². The van der Waals surface area contributed by atoms with Crippen LogP contribution in [0.2, 0.25) is 0 Å². The fourth-order valence-electron chi connectivity index (χ4n) is 3.27. The van der Waals surface area contributed by atoms with E-state index in [0.29, 0.717) is 0 Å². The molecule has 3 nitrogen and oxygen atoms in total. The van der Waals surface area contributed by atoms with Gasteiger partial charge in [-0.3, -0.25) is 0 Å². The van der Waals surface area contributed by atoms with E-state index in [-0.39, 0.29) is 5.41 Å². The first-order valence-electron chi connectivity index (χ1n) is 7.41. The molecule has 0 atom stereocenters. The lowest BCUT2D eigenvalue weighted by atomic mass is 9.78. The van der Waals surface area contributed by atoms with Crippen molar-refractivity contribution in [3.8, 4) is 5.69 Å². The third-order valence-corrected chi connectivity index (χ3v) is 4.45. The van der Waals surface area contributed by atoms with E-state index in [1.807, 2.05) is 12.5 Å². The molecule has 1 fully saturated rings. The van der Waals surface area contributed by atoms with E-state index < -0.39 is 0 Å². The fourth-order valence-corrected chi connectivity index (χ4v) is 3.27. The molecule has 0 bridgehead atoms. The summed E-state index contributed by atoms with van der Waals surface area (Å²) >= 11 is 0. The van der Waals surface area contributed by atoms with Crippen LogP contribution in [0, 0.1) is 13.8 Å². The third-order valence-electron chi connectivity index (χ3n) is 4.45. The van der Waals surface area contributed by atoms with Crippen LogP contribution in [0.25, 0.3) is 5.69 Å². The van der Waals surface area contributed by atoms with Gasteiger partial charge < -0.3 is 9.88 Å². The second-order valence-electron chi connectivity index (χ2n) is 6.31. The van der Waals surface area contributed by atoms with Gasteiger partial charge in [0.2, 0.25) is 0 Å². The molecule has 0 aliphatic carbocycles. The van der Waals surface area contributed by atoms with Gasteiger partial charge in [0.1, 0.15) is 0 Å². The normalized spacial score (nSPS) is 18.1. The van der Waals surface area contributed by atoms with Crippen LogP contribution in [-0.2, 0) is 5.41 Å². The molecule has 3 rings (SSSR count). The van der Waals surface area contributed by atoms with Crippen LogP contribution in [0.4, 0.5) is 0 Å². The van der Waals surface area contributed by atoms with Crippen molar-refractivity contribution in [3.63, 3.8) is 0 Å².